The summed E-state index contributed by atoms with van der Waals surface area (Å²) < 4.78 is 10.1. The van der Waals surface area contributed by atoms with Crippen LogP contribution in [0, 0.1) is 0 Å². The van der Waals surface area contributed by atoms with Crippen molar-refractivity contribution in [2.45, 2.75) is 38.8 Å². The molecule has 1 atom stereocenters. The lowest BCUT2D eigenvalue weighted by molar-refractivity contribution is 0.0293. The zero-order chi connectivity index (χ0) is 17.0. The number of anilines is 1. The highest BCUT2D eigenvalue weighted by molar-refractivity contribution is 5.90. The van der Waals surface area contributed by atoms with Crippen LogP contribution in [0.4, 0.5) is 10.5 Å². The Morgan fingerprint density at radius 1 is 1.30 bits per heavy atom. The molecule has 126 valence electrons. The maximum absolute atomic E-state index is 12.1. The minimum atomic E-state index is -0.489. The molecule has 0 aliphatic carbocycles. The lowest BCUT2D eigenvalue weighted by atomic mass is 10.2. The first-order valence-corrected chi connectivity index (χ1v) is 7.71. The molecule has 1 amide bonds. The van der Waals surface area contributed by atoms with Crippen LogP contribution in [0.2, 0.25) is 0 Å². The number of rotatable bonds is 3. The third-order valence-corrected chi connectivity index (χ3v) is 3.49. The smallest absolute Gasteiger partial charge is 0.410 e. The largest absolute Gasteiger partial charge is 0.465 e. The van der Waals surface area contributed by atoms with Gasteiger partial charge in [0.1, 0.15) is 5.60 Å². The zero-order valence-corrected chi connectivity index (χ0v) is 14.1. The Hall–Kier alpha value is -2.24. The minimum Gasteiger partial charge on any atom is -0.465 e. The molecule has 0 spiro atoms. The van der Waals surface area contributed by atoms with Crippen LogP contribution in [0.1, 0.15) is 37.6 Å². The molecule has 1 heterocycles. The molecule has 1 aromatic carbocycles. The number of likely N-dealkylation sites (tertiary alicyclic amines) is 1. The molecule has 1 fully saturated rings. The zero-order valence-electron chi connectivity index (χ0n) is 14.1. The summed E-state index contributed by atoms with van der Waals surface area (Å²) in [7, 11) is 1.36. The summed E-state index contributed by atoms with van der Waals surface area (Å²) in [5, 5.41) is 3.35. The van der Waals surface area contributed by atoms with E-state index in [1.165, 1.54) is 7.11 Å². The molecule has 1 saturated heterocycles. The van der Waals surface area contributed by atoms with E-state index in [0.717, 1.165) is 12.1 Å². The van der Waals surface area contributed by atoms with E-state index in [2.05, 4.69) is 5.32 Å². The van der Waals surface area contributed by atoms with E-state index in [-0.39, 0.29) is 18.1 Å². The quantitative estimate of drug-likeness (QED) is 0.867. The van der Waals surface area contributed by atoms with Crippen LogP contribution in [0.3, 0.4) is 0 Å². The van der Waals surface area contributed by atoms with Gasteiger partial charge in [-0.2, -0.15) is 0 Å². The average molecular weight is 320 g/mol. The molecule has 0 saturated carbocycles. The first-order valence-electron chi connectivity index (χ1n) is 7.71. The van der Waals surface area contributed by atoms with Crippen LogP contribution in [0.25, 0.3) is 0 Å². The summed E-state index contributed by atoms with van der Waals surface area (Å²) in [6.07, 6.45) is 0.548. The summed E-state index contributed by atoms with van der Waals surface area (Å²) in [5.74, 6) is -0.365. The highest BCUT2D eigenvalue weighted by atomic mass is 16.6. The van der Waals surface area contributed by atoms with Crippen molar-refractivity contribution in [3.63, 3.8) is 0 Å². The lowest BCUT2D eigenvalue weighted by Crippen LogP contribution is -2.36. The minimum absolute atomic E-state index is 0.135. The molecule has 1 aromatic rings. The molecule has 0 radical (unpaired) electrons. The average Bonchev–Trinajstić information content (AvgIpc) is 2.93. The van der Waals surface area contributed by atoms with Crippen molar-refractivity contribution >= 4 is 17.7 Å². The van der Waals surface area contributed by atoms with Gasteiger partial charge in [-0.25, -0.2) is 9.59 Å². The van der Waals surface area contributed by atoms with E-state index in [0.29, 0.717) is 18.7 Å². The van der Waals surface area contributed by atoms with Crippen molar-refractivity contribution in [1.82, 2.24) is 4.90 Å². The van der Waals surface area contributed by atoms with Crippen LogP contribution in [-0.4, -0.2) is 48.8 Å². The maximum atomic E-state index is 12.1. The summed E-state index contributed by atoms with van der Waals surface area (Å²) in [6.45, 7) is 6.81. The van der Waals surface area contributed by atoms with Crippen LogP contribution >= 0.6 is 0 Å². The number of nitrogens with zero attached hydrogens (tertiary/aromatic N) is 1. The highest BCUT2D eigenvalue weighted by Crippen LogP contribution is 2.19. The van der Waals surface area contributed by atoms with Gasteiger partial charge < -0.3 is 19.7 Å². The van der Waals surface area contributed by atoms with Crippen molar-refractivity contribution in [3.05, 3.63) is 29.8 Å². The van der Waals surface area contributed by atoms with E-state index >= 15 is 0 Å². The first-order chi connectivity index (χ1) is 10.8. The van der Waals surface area contributed by atoms with Gasteiger partial charge in [0.25, 0.3) is 0 Å². The molecule has 6 heteroatoms. The number of carbonyl (C=O) groups is 2. The molecule has 6 nitrogen and oxygen atoms in total. The molecule has 1 unspecified atom stereocenters. The van der Waals surface area contributed by atoms with Crippen molar-refractivity contribution < 1.29 is 19.1 Å². The molecular formula is C17H24N2O4. The van der Waals surface area contributed by atoms with Crippen molar-refractivity contribution in [2.24, 2.45) is 0 Å². The number of hydrogen-bond acceptors (Lipinski definition) is 5. The number of amides is 1. The van der Waals surface area contributed by atoms with Gasteiger partial charge in [-0.1, -0.05) is 6.07 Å². The molecular weight excluding hydrogens is 296 g/mol. The van der Waals surface area contributed by atoms with Gasteiger partial charge in [-0.15, -0.1) is 0 Å². The Labute approximate surface area is 136 Å². The van der Waals surface area contributed by atoms with Gasteiger partial charge in [0, 0.05) is 24.8 Å². The second kappa shape index (κ2) is 6.89. The third-order valence-electron chi connectivity index (χ3n) is 3.49. The second-order valence-electron chi connectivity index (χ2n) is 6.63. The fraction of sp³-hybridized carbons (Fsp3) is 0.529. The number of carbonyl (C=O) groups excluding carboxylic acids is 2. The van der Waals surface area contributed by atoms with Crippen molar-refractivity contribution in [3.8, 4) is 0 Å². The number of methoxy groups -OCH3 is 1. The SMILES string of the molecule is COC(=O)c1cccc(NC2CCN(C(=O)OC(C)(C)C)C2)c1. The Kier molecular flexibility index (Phi) is 5.13. The molecule has 0 bridgehead atoms. The van der Waals surface area contributed by atoms with Gasteiger partial charge in [-0.05, 0) is 45.4 Å². The first kappa shape index (κ1) is 17.1. The predicted octanol–water partition coefficient (Wildman–Crippen LogP) is 2.89. The Morgan fingerprint density at radius 2 is 2.04 bits per heavy atom. The summed E-state index contributed by atoms with van der Waals surface area (Å²) in [5.41, 5.74) is 0.848. The third kappa shape index (κ3) is 4.87. The van der Waals surface area contributed by atoms with Gasteiger partial charge in [0.15, 0.2) is 0 Å². The topological polar surface area (TPSA) is 67.9 Å². The predicted molar refractivity (Wildman–Crippen MR) is 87.6 cm³/mol. The summed E-state index contributed by atoms with van der Waals surface area (Å²) >= 11 is 0. The Bertz CT molecular complexity index is 580. The van der Waals surface area contributed by atoms with E-state index < -0.39 is 5.60 Å². The number of nitrogens with one attached hydrogen (secondary N) is 1. The fourth-order valence-corrected chi connectivity index (χ4v) is 2.46. The Balaban J connectivity index is 1.93. The van der Waals surface area contributed by atoms with Gasteiger partial charge in [-0.3, -0.25) is 0 Å². The maximum Gasteiger partial charge on any atom is 0.410 e. The van der Waals surface area contributed by atoms with Crippen molar-refractivity contribution in [2.75, 3.05) is 25.5 Å². The van der Waals surface area contributed by atoms with Crippen LogP contribution in [0.15, 0.2) is 24.3 Å². The van der Waals surface area contributed by atoms with Gasteiger partial charge in [0.2, 0.25) is 0 Å². The van der Waals surface area contributed by atoms with Gasteiger partial charge >= 0.3 is 12.1 Å². The fourth-order valence-electron chi connectivity index (χ4n) is 2.46. The highest BCUT2D eigenvalue weighted by Gasteiger charge is 2.29. The molecule has 1 N–H and O–H groups in total. The second-order valence-corrected chi connectivity index (χ2v) is 6.63. The van der Waals surface area contributed by atoms with Gasteiger partial charge in [0.05, 0.1) is 12.7 Å². The number of hydrogen-bond donors (Lipinski definition) is 1. The number of benzene rings is 1. The van der Waals surface area contributed by atoms with Crippen molar-refractivity contribution in [1.29, 1.82) is 0 Å². The van der Waals surface area contributed by atoms with E-state index in [1.54, 1.807) is 23.1 Å². The molecule has 2 rings (SSSR count). The molecule has 1 aliphatic heterocycles. The normalized spacial score (nSPS) is 17.7. The van der Waals surface area contributed by atoms with Crippen LogP contribution in [0.5, 0.6) is 0 Å². The van der Waals surface area contributed by atoms with Crippen LogP contribution in [-0.2, 0) is 9.47 Å². The number of esters is 1. The van der Waals surface area contributed by atoms with E-state index in [1.807, 2.05) is 26.8 Å². The summed E-state index contributed by atoms with van der Waals surface area (Å²) in [4.78, 5) is 25.3. The standard InChI is InChI=1S/C17H24N2O4/c1-17(2,3)23-16(21)19-9-8-14(11-19)18-13-7-5-6-12(10-13)15(20)22-4/h5-7,10,14,18H,8-9,11H2,1-4H3. The monoisotopic (exact) mass is 320 g/mol. The number of ether oxygens (including phenoxy) is 2. The molecule has 23 heavy (non-hydrogen) atoms. The van der Waals surface area contributed by atoms with Crippen LogP contribution < -0.4 is 5.32 Å². The molecule has 1 aliphatic rings. The van der Waals surface area contributed by atoms with E-state index in [9.17, 15) is 9.59 Å². The Morgan fingerprint density at radius 3 is 2.70 bits per heavy atom. The van der Waals surface area contributed by atoms with E-state index in [4.69, 9.17) is 9.47 Å². The lowest BCUT2D eigenvalue weighted by Gasteiger charge is -2.24. The summed E-state index contributed by atoms with van der Waals surface area (Å²) in [6, 6.07) is 7.29. The molecule has 0 aromatic heterocycles.